The van der Waals surface area contributed by atoms with Crippen LogP contribution in [0.4, 0.5) is 4.39 Å². The molecule has 9 heteroatoms. The highest BCUT2D eigenvalue weighted by atomic mass is 19.1. The molecule has 2 heterocycles. The molecule has 3 aromatic rings. The molecular formula is C22H20FN3O5. The zero-order valence-electron chi connectivity index (χ0n) is 16.7. The Morgan fingerprint density at radius 2 is 1.90 bits per heavy atom. The van der Waals surface area contributed by atoms with Crippen LogP contribution in [-0.4, -0.2) is 52.1 Å². The van der Waals surface area contributed by atoms with Crippen molar-refractivity contribution in [1.82, 2.24) is 14.5 Å². The lowest BCUT2D eigenvalue weighted by Gasteiger charge is -2.22. The molecule has 0 aliphatic carbocycles. The number of hydrogen-bond acceptors (Lipinski definition) is 6. The average Bonchev–Trinajstić information content (AvgIpc) is 3.21. The van der Waals surface area contributed by atoms with Crippen LogP contribution in [0, 0.1) is 5.82 Å². The van der Waals surface area contributed by atoms with Crippen molar-refractivity contribution in [3.63, 3.8) is 0 Å². The molecule has 0 saturated carbocycles. The number of carbonyl (C=O) groups is 2. The van der Waals surface area contributed by atoms with Crippen LogP contribution < -0.4 is 10.3 Å². The number of ether oxygens (including phenoxy) is 2. The van der Waals surface area contributed by atoms with E-state index in [2.05, 4.69) is 4.98 Å². The molecule has 1 saturated heterocycles. The number of esters is 1. The lowest BCUT2D eigenvalue weighted by atomic mass is 10.2. The van der Waals surface area contributed by atoms with Gasteiger partial charge in [0.1, 0.15) is 18.7 Å². The largest absolute Gasteiger partial charge is 0.485 e. The maximum Gasteiger partial charge on any atom is 0.328 e. The molecule has 4 rings (SSSR count). The first-order chi connectivity index (χ1) is 15.0. The van der Waals surface area contributed by atoms with Gasteiger partial charge in [0.15, 0.2) is 11.6 Å². The number of rotatable bonds is 5. The Kier molecular flexibility index (Phi) is 5.66. The SMILES string of the molecule is COC(=O)[C@H]1C[C@@H](Oc2ccccc2F)CN1C(=O)Cn1cnc2ccccc2c1=O. The Hall–Kier alpha value is -3.75. The summed E-state index contributed by atoms with van der Waals surface area (Å²) in [5, 5.41) is 0.393. The van der Waals surface area contributed by atoms with E-state index in [0.29, 0.717) is 10.9 Å². The lowest BCUT2D eigenvalue weighted by molar-refractivity contribution is -0.151. The van der Waals surface area contributed by atoms with Crippen LogP contribution >= 0.6 is 0 Å². The number of halogens is 1. The van der Waals surface area contributed by atoms with Gasteiger partial charge in [-0.15, -0.1) is 0 Å². The minimum absolute atomic E-state index is 0.0420. The number of nitrogens with zero attached hydrogens (tertiary/aromatic N) is 3. The van der Waals surface area contributed by atoms with Crippen molar-refractivity contribution < 1.29 is 23.5 Å². The van der Waals surface area contributed by atoms with E-state index < -0.39 is 29.8 Å². The molecule has 2 aromatic carbocycles. The number of likely N-dealkylation sites (tertiary alicyclic amines) is 1. The number of amides is 1. The first-order valence-corrected chi connectivity index (χ1v) is 9.70. The second kappa shape index (κ2) is 8.55. The summed E-state index contributed by atoms with van der Waals surface area (Å²) in [6.07, 6.45) is 0.855. The lowest BCUT2D eigenvalue weighted by Crippen LogP contribution is -2.44. The molecule has 2 atom stereocenters. The molecule has 8 nitrogen and oxygen atoms in total. The monoisotopic (exact) mass is 425 g/mol. The maximum atomic E-state index is 13.9. The van der Waals surface area contributed by atoms with E-state index in [1.807, 2.05) is 0 Å². The molecule has 1 amide bonds. The standard InChI is InChI=1S/C22H20FN3O5/c1-30-22(29)18-10-14(31-19-9-5-3-7-16(19)23)11-26(18)20(27)12-25-13-24-17-8-4-2-6-15(17)21(25)28/h2-9,13-14,18H,10-12H2,1H3/t14-,18-/m1/s1. The number of para-hydroxylation sites is 2. The third kappa shape index (κ3) is 4.11. The van der Waals surface area contributed by atoms with Crippen molar-refractivity contribution in [1.29, 1.82) is 0 Å². The van der Waals surface area contributed by atoms with Crippen LogP contribution in [0.15, 0.2) is 59.7 Å². The first-order valence-electron chi connectivity index (χ1n) is 9.70. The second-order valence-electron chi connectivity index (χ2n) is 7.19. The number of benzene rings is 2. The average molecular weight is 425 g/mol. The smallest absolute Gasteiger partial charge is 0.328 e. The molecular weight excluding hydrogens is 405 g/mol. The summed E-state index contributed by atoms with van der Waals surface area (Å²) in [6, 6.07) is 11.9. The first kappa shape index (κ1) is 20.5. The fraction of sp³-hybridized carbons (Fsp3) is 0.273. The number of methoxy groups -OCH3 is 1. The summed E-state index contributed by atoms with van der Waals surface area (Å²) in [5.41, 5.74) is 0.176. The van der Waals surface area contributed by atoms with Crippen LogP contribution in [0.3, 0.4) is 0 Å². The minimum Gasteiger partial charge on any atom is -0.485 e. The zero-order valence-corrected chi connectivity index (χ0v) is 16.7. The van der Waals surface area contributed by atoms with Gasteiger partial charge in [-0.25, -0.2) is 14.2 Å². The summed E-state index contributed by atoms with van der Waals surface area (Å²) >= 11 is 0. The van der Waals surface area contributed by atoms with E-state index in [1.165, 1.54) is 35.0 Å². The Balaban J connectivity index is 1.55. The van der Waals surface area contributed by atoms with Gasteiger partial charge in [-0.1, -0.05) is 24.3 Å². The predicted octanol–water partition coefficient (Wildman–Crippen LogP) is 1.76. The normalized spacial score (nSPS) is 18.2. The number of aromatic nitrogens is 2. The molecule has 0 unspecified atom stereocenters. The predicted molar refractivity (Wildman–Crippen MR) is 109 cm³/mol. The molecule has 160 valence electrons. The van der Waals surface area contributed by atoms with Crippen LogP contribution in [0.5, 0.6) is 5.75 Å². The van der Waals surface area contributed by atoms with E-state index in [9.17, 15) is 18.8 Å². The van der Waals surface area contributed by atoms with Gasteiger partial charge >= 0.3 is 5.97 Å². The molecule has 0 bridgehead atoms. The maximum absolute atomic E-state index is 13.9. The minimum atomic E-state index is -0.890. The third-order valence-electron chi connectivity index (χ3n) is 5.22. The molecule has 1 aromatic heterocycles. The van der Waals surface area contributed by atoms with Crippen molar-refractivity contribution in [2.75, 3.05) is 13.7 Å². The highest BCUT2D eigenvalue weighted by Gasteiger charge is 2.41. The van der Waals surface area contributed by atoms with E-state index >= 15 is 0 Å². The molecule has 0 radical (unpaired) electrons. The van der Waals surface area contributed by atoms with Crippen molar-refractivity contribution in [2.24, 2.45) is 0 Å². The highest BCUT2D eigenvalue weighted by Crippen LogP contribution is 2.26. The van der Waals surface area contributed by atoms with Crippen molar-refractivity contribution in [3.8, 4) is 5.75 Å². The van der Waals surface area contributed by atoms with Crippen LogP contribution in [0.25, 0.3) is 10.9 Å². The highest BCUT2D eigenvalue weighted by molar-refractivity contribution is 5.85. The van der Waals surface area contributed by atoms with E-state index in [1.54, 1.807) is 36.4 Å². The molecule has 31 heavy (non-hydrogen) atoms. The zero-order chi connectivity index (χ0) is 22.0. The van der Waals surface area contributed by atoms with Gasteiger partial charge in [0, 0.05) is 6.42 Å². The van der Waals surface area contributed by atoms with Gasteiger partial charge < -0.3 is 14.4 Å². The molecule has 0 spiro atoms. The van der Waals surface area contributed by atoms with Gasteiger partial charge in [0.25, 0.3) is 5.56 Å². The summed E-state index contributed by atoms with van der Waals surface area (Å²) in [4.78, 5) is 43.5. The third-order valence-corrected chi connectivity index (χ3v) is 5.22. The molecule has 1 aliphatic heterocycles. The van der Waals surface area contributed by atoms with E-state index in [-0.39, 0.29) is 30.8 Å². The van der Waals surface area contributed by atoms with Gasteiger partial charge in [0.2, 0.25) is 5.91 Å². The summed E-state index contributed by atoms with van der Waals surface area (Å²) in [5.74, 6) is -1.55. The Bertz CT molecular complexity index is 1190. The van der Waals surface area contributed by atoms with E-state index in [4.69, 9.17) is 9.47 Å². The quantitative estimate of drug-likeness (QED) is 0.579. The van der Waals surface area contributed by atoms with Crippen LogP contribution in [0.2, 0.25) is 0 Å². The molecule has 0 N–H and O–H groups in total. The number of fused-ring (bicyclic) bond motifs is 1. The van der Waals surface area contributed by atoms with Crippen molar-refractivity contribution in [3.05, 3.63) is 71.0 Å². The fourth-order valence-electron chi connectivity index (χ4n) is 3.69. The summed E-state index contributed by atoms with van der Waals surface area (Å²) in [7, 11) is 1.23. The fourth-order valence-corrected chi connectivity index (χ4v) is 3.69. The topological polar surface area (TPSA) is 90.7 Å². The summed E-state index contributed by atoms with van der Waals surface area (Å²) < 4.78 is 25.6. The molecule has 1 aliphatic rings. The molecule has 1 fully saturated rings. The Labute approximate surface area is 176 Å². The second-order valence-corrected chi connectivity index (χ2v) is 7.19. The number of carbonyl (C=O) groups excluding carboxylic acids is 2. The Morgan fingerprint density at radius 3 is 2.68 bits per heavy atom. The van der Waals surface area contributed by atoms with Gasteiger partial charge in [-0.05, 0) is 24.3 Å². The van der Waals surface area contributed by atoms with E-state index in [0.717, 1.165) is 0 Å². The Morgan fingerprint density at radius 1 is 1.16 bits per heavy atom. The van der Waals surface area contributed by atoms with Gasteiger partial charge in [0.05, 0.1) is 30.9 Å². The van der Waals surface area contributed by atoms with Gasteiger partial charge in [-0.3, -0.25) is 14.2 Å². The van der Waals surface area contributed by atoms with Crippen LogP contribution in [0.1, 0.15) is 6.42 Å². The van der Waals surface area contributed by atoms with Crippen molar-refractivity contribution in [2.45, 2.75) is 25.1 Å². The van der Waals surface area contributed by atoms with Crippen molar-refractivity contribution >= 4 is 22.8 Å². The summed E-state index contributed by atoms with van der Waals surface area (Å²) in [6.45, 7) is -0.237. The van der Waals surface area contributed by atoms with Gasteiger partial charge in [-0.2, -0.15) is 0 Å². The number of hydrogen-bond donors (Lipinski definition) is 0. The van der Waals surface area contributed by atoms with Crippen LogP contribution in [-0.2, 0) is 20.9 Å².